The van der Waals surface area contributed by atoms with Crippen molar-refractivity contribution in [2.45, 2.75) is 30.8 Å². The molecule has 0 saturated carbocycles. The lowest BCUT2D eigenvalue weighted by Crippen LogP contribution is -2.41. The topological polar surface area (TPSA) is 47.9 Å². The summed E-state index contributed by atoms with van der Waals surface area (Å²) in [6, 6.07) is 8.16. The van der Waals surface area contributed by atoms with Crippen molar-refractivity contribution >= 4 is 0 Å². The molecule has 3 rings (SSSR count). The standard InChI is InChI=1S/C16H22O4/c17-16(6-9-18-10-7-16)12-20-15-3-1-13(2-4-15)14-5-8-19-11-14/h1-4,14,17H,5-12H2. The molecule has 1 atom stereocenters. The van der Waals surface area contributed by atoms with Crippen molar-refractivity contribution in [3.63, 3.8) is 0 Å². The molecule has 4 heteroatoms. The van der Waals surface area contributed by atoms with Crippen molar-refractivity contribution in [2.24, 2.45) is 0 Å². The normalized spacial score (nSPS) is 25.6. The lowest BCUT2D eigenvalue weighted by atomic mass is 9.95. The van der Waals surface area contributed by atoms with E-state index in [1.54, 1.807) is 0 Å². The van der Waals surface area contributed by atoms with Gasteiger partial charge >= 0.3 is 0 Å². The molecule has 0 spiro atoms. The lowest BCUT2D eigenvalue weighted by molar-refractivity contribution is -0.0855. The number of rotatable bonds is 4. The Hall–Kier alpha value is -1.10. The van der Waals surface area contributed by atoms with Gasteiger partial charge in [0.2, 0.25) is 0 Å². The van der Waals surface area contributed by atoms with E-state index in [9.17, 15) is 5.11 Å². The van der Waals surface area contributed by atoms with E-state index in [4.69, 9.17) is 14.2 Å². The maximum atomic E-state index is 10.3. The van der Waals surface area contributed by atoms with Gasteiger partial charge in [-0.2, -0.15) is 0 Å². The van der Waals surface area contributed by atoms with E-state index in [1.165, 1.54) is 5.56 Å². The molecule has 1 aromatic carbocycles. The molecule has 0 aromatic heterocycles. The van der Waals surface area contributed by atoms with Gasteiger partial charge in [0.05, 0.1) is 6.61 Å². The van der Waals surface area contributed by atoms with E-state index in [2.05, 4.69) is 12.1 Å². The van der Waals surface area contributed by atoms with Crippen molar-refractivity contribution in [2.75, 3.05) is 33.0 Å². The monoisotopic (exact) mass is 278 g/mol. The summed E-state index contributed by atoms with van der Waals surface area (Å²) in [5.41, 5.74) is 0.565. The first-order valence-corrected chi connectivity index (χ1v) is 7.36. The van der Waals surface area contributed by atoms with Crippen LogP contribution in [0.5, 0.6) is 5.75 Å². The lowest BCUT2D eigenvalue weighted by Gasteiger charge is -2.31. The summed E-state index contributed by atoms with van der Waals surface area (Å²) in [7, 11) is 0. The predicted molar refractivity (Wildman–Crippen MR) is 75.1 cm³/mol. The Morgan fingerprint density at radius 2 is 1.85 bits per heavy atom. The fourth-order valence-corrected chi connectivity index (χ4v) is 2.75. The van der Waals surface area contributed by atoms with E-state index in [1.807, 2.05) is 12.1 Å². The van der Waals surface area contributed by atoms with Crippen LogP contribution < -0.4 is 4.74 Å². The van der Waals surface area contributed by atoms with E-state index in [0.29, 0.717) is 38.6 Å². The fraction of sp³-hybridized carbons (Fsp3) is 0.625. The van der Waals surface area contributed by atoms with Crippen LogP contribution in [0.3, 0.4) is 0 Å². The van der Waals surface area contributed by atoms with Crippen LogP contribution in [0.1, 0.15) is 30.7 Å². The second-order valence-corrected chi connectivity index (χ2v) is 5.75. The van der Waals surface area contributed by atoms with Crippen molar-refractivity contribution in [3.8, 4) is 5.75 Å². The third kappa shape index (κ3) is 3.32. The smallest absolute Gasteiger partial charge is 0.119 e. The largest absolute Gasteiger partial charge is 0.491 e. The zero-order valence-corrected chi connectivity index (χ0v) is 11.7. The molecule has 0 aliphatic carbocycles. The molecule has 1 unspecified atom stereocenters. The highest BCUT2D eigenvalue weighted by atomic mass is 16.5. The second kappa shape index (κ2) is 6.12. The number of benzene rings is 1. The van der Waals surface area contributed by atoms with Crippen molar-refractivity contribution in [1.82, 2.24) is 0 Å². The molecule has 2 saturated heterocycles. The summed E-state index contributed by atoms with van der Waals surface area (Å²) in [6.07, 6.45) is 2.38. The minimum atomic E-state index is -0.740. The fourth-order valence-electron chi connectivity index (χ4n) is 2.75. The molecule has 20 heavy (non-hydrogen) atoms. The number of ether oxygens (including phenoxy) is 3. The second-order valence-electron chi connectivity index (χ2n) is 5.75. The summed E-state index contributed by atoms with van der Waals surface area (Å²) in [4.78, 5) is 0. The van der Waals surface area contributed by atoms with Crippen LogP contribution in [0.4, 0.5) is 0 Å². The van der Waals surface area contributed by atoms with Crippen LogP contribution in [0.25, 0.3) is 0 Å². The minimum Gasteiger partial charge on any atom is -0.491 e. The van der Waals surface area contributed by atoms with Crippen LogP contribution in [0, 0.1) is 0 Å². The predicted octanol–water partition coefficient (Wildman–Crippen LogP) is 2.11. The molecular weight excluding hydrogens is 256 g/mol. The first-order valence-electron chi connectivity index (χ1n) is 7.36. The van der Waals surface area contributed by atoms with Crippen molar-refractivity contribution in [3.05, 3.63) is 29.8 Å². The Balaban J connectivity index is 1.55. The van der Waals surface area contributed by atoms with Gasteiger partial charge in [0, 0.05) is 38.6 Å². The van der Waals surface area contributed by atoms with Crippen LogP contribution in [0.15, 0.2) is 24.3 Å². The average Bonchev–Trinajstić information content (AvgIpc) is 3.01. The first-order chi connectivity index (χ1) is 9.75. The number of hydrogen-bond acceptors (Lipinski definition) is 4. The Morgan fingerprint density at radius 3 is 2.50 bits per heavy atom. The van der Waals surface area contributed by atoms with Crippen LogP contribution in [-0.4, -0.2) is 43.7 Å². The van der Waals surface area contributed by atoms with Gasteiger partial charge in [-0.25, -0.2) is 0 Å². The van der Waals surface area contributed by atoms with Crippen LogP contribution in [-0.2, 0) is 9.47 Å². The third-order valence-corrected chi connectivity index (χ3v) is 4.21. The van der Waals surface area contributed by atoms with Crippen molar-refractivity contribution < 1.29 is 19.3 Å². The molecule has 0 bridgehead atoms. The van der Waals surface area contributed by atoms with Gasteiger partial charge in [-0.05, 0) is 24.1 Å². The molecule has 2 fully saturated rings. The summed E-state index contributed by atoms with van der Waals surface area (Å²) in [5.74, 6) is 1.33. The summed E-state index contributed by atoms with van der Waals surface area (Å²) >= 11 is 0. The van der Waals surface area contributed by atoms with Crippen LogP contribution >= 0.6 is 0 Å². The molecular formula is C16H22O4. The minimum absolute atomic E-state index is 0.336. The van der Waals surface area contributed by atoms with Gasteiger partial charge in [0.1, 0.15) is 18.0 Å². The highest BCUT2D eigenvalue weighted by molar-refractivity contribution is 5.30. The number of hydrogen-bond donors (Lipinski definition) is 1. The molecule has 0 amide bonds. The third-order valence-electron chi connectivity index (χ3n) is 4.21. The zero-order chi connectivity index (χ0) is 13.8. The zero-order valence-electron chi connectivity index (χ0n) is 11.7. The van der Waals surface area contributed by atoms with Crippen LogP contribution in [0.2, 0.25) is 0 Å². The van der Waals surface area contributed by atoms with Gasteiger partial charge in [0.25, 0.3) is 0 Å². The highest BCUT2D eigenvalue weighted by Gasteiger charge is 2.30. The molecule has 2 heterocycles. The summed E-state index contributed by atoms with van der Waals surface area (Å²) in [6.45, 7) is 3.24. The average molecular weight is 278 g/mol. The SMILES string of the molecule is OC1(COc2ccc(C3CCOC3)cc2)CCOCC1. The molecule has 1 N–H and O–H groups in total. The molecule has 4 nitrogen and oxygen atoms in total. The Morgan fingerprint density at radius 1 is 1.10 bits per heavy atom. The van der Waals surface area contributed by atoms with Gasteiger partial charge < -0.3 is 19.3 Å². The molecule has 0 radical (unpaired) electrons. The van der Waals surface area contributed by atoms with Crippen molar-refractivity contribution in [1.29, 1.82) is 0 Å². The molecule has 2 aliphatic rings. The Labute approximate surface area is 119 Å². The Bertz CT molecular complexity index is 417. The van der Waals surface area contributed by atoms with E-state index < -0.39 is 5.60 Å². The molecule has 1 aromatic rings. The van der Waals surface area contributed by atoms with E-state index in [0.717, 1.165) is 25.4 Å². The highest BCUT2D eigenvalue weighted by Crippen LogP contribution is 2.27. The molecule has 2 aliphatic heterocycles. The number of aliphatic hydroxyl groups is 1. The Kier molecular flexibility index (Phi) is 4.24. The van der Waals surface area contributed by atoms with Gasteiger partial charge in [0.15, 0.2) is 0 Å². The van der Waals surface area contributed by atoms with E-state index >= 15 is 0 Å². The maximum Gasteiger partial charge on any atom is 0.119 e. The van der Waals surface area contributed by atoms with Gasteiger partial charge in [-0.15, -0.1) is 0 Å². The van der Waals surface area contributed by atoms with Gasteiger partial charge in [-0.1, -0.05) is 12.1 Å². The van der Waals surface area contributed by atoms with E-state index in [-0.39, 0.29) is 0 Å². The first kappa shape index (κ1) is 13.9. The quantitative estimate of drug-likeness (QED) is 0.916. The van der Waals surface area contributed by atoms with Gasteiger partial charge in [-0.3, -0.25) is 0 Å². The molecule has 110 valence electrons. The summed E-state index contributed by atoms with van der Waals surface area (Å²) in [5, 5.41) is 10.3. The summed E-state index contributed by atoms with van der Waals surface area (Å²) < 4.78 is 16.4. The maximum absolute atomic E-state index is 10.3.